The Bertz CT molecular complexity index is 932. The van der Waals surface area contributed by atoms with Gasteiger partial charge in [-0.05, 0) is 74.8 Å². The van der Waals surface area contributed by atoms with Crippen molar-refractivity contribution in [2.24, 2.45) is 0 Å². The van der Waals surface area contributed by atoms with Crippen molar-refractivity contribution in [2.75, 3.05) is 26.2 Å². The maximum Gasteiger partial charge on any atom is 0.254 e. The van der Waals surface area contributed by atoms with Crippen molar-refractivity contribution in [3.63, 3.8) is 0 Å². The summed E-state index contributed by atoms with van der Waals surface area (Å²) < 4.78 is 0. The van der Waals surface area contributed by atoms with E-state index in [9.17, 15) is 9.59 Å². The fourth-order valence-electron chi connectivity index (χ4n) is 5.81. The van der Waals surface area contributed by atoms with Gasteiger partial charge in [0.25, 0.3) is 5.91 Å². The van der Waals surface area contributed by atoms with E-state index < -0.39 is 0 Å². The largest absolute Gasteiger partial charge is 0.355 e. The molecule has 1 aromatic heterocycles. The first-order valence-electron chi connectivity index (χ1n) is 12.2. The van der Waals surface area contributed by atoms with Crippen LogP contribution >= 0.6 is 11.3 Å². The van der Waals surface area contributed by atoms with E-state index in [-0.39, 0.29) is 29.8 Å². The first kappa shape index (κ1) is 21.7. The molecule has 3 aliphatic rings. The van der Waals surface area contributed by atoms with Crippen molar-refractivity contribution < 1.29 is 9.59 Å². The Hall–Kier alpha value is -2.18. The molecule has 0 spiro atoms. The number of amides is 2. The summed E-state index contributed by atoms with van der Waals surface area (Å²) in [5.74, 6) is -0.230. The van der Waals surface area contributed by atoms with Gasteiger partial charge >= 0.3 is 0 Å². The van der Waals surface area contributed by atoms with E-state index in [2.05, 4.69) is 26.6 Å². The first-order chi connectivity index (χ1) is 15.7. The van der Waals surface area contributed by atoms with E-state index in [4.69, 9.17) is 0 Å². The molecule has 2 atom stereocenters. The van der Waals surface area contributed by atoms with Gasteiger partial charge in [-0.2, -0.15) is 0 Å². The number of likely N-dealkylation sites (tertiary alicyclic amines) is 1. The lowest BCUT2D eigenvalue weighted by Crippen LogP contribution is -2.50. The molecule has 2 aliphatic heterocycles. The molecule has 1 saturated carbocycles. The molecule has 1 aliphatic carbocycles. The van der Waals surface area contributed by atoms with Crippen molar-refractivity contribution in [2.45, 2.75) is 62.9 Å². The summed E-state index contributed by atoms with van der Waals surface area (Å²) in [5.41, 5.74) is 1.58. The Morgan fingerprint density at radius 1 is 1.03 bits per heavy atom. The number of thiophene rings is 1. The van der Waals surface area contributed by atoms with E-state index >= 15 is 0 Å². The third-order valence-electron chi connectivity index (χ3n) is 7.36. The van der Waals surface area contributed by atoms with Crippen molar-refractivity contribution in [3.8, 4) is 0 Å². The monoisotopic (exact) mass is 451 g/mol. The maximum atomic E-state index is 13.7. The molecule has 1 aromatic carbocycles. The van der Waals surface area contributed by atoms with Gasteiger partial charge in [-0.1, -0.05) is 37.1 Å². The van der Waals surface area contributed by atoms with E-state index in [0.717, 1.165) is 49.1 Å². The summed E-state index contributed by atoms with van der Waals surface area (Å²) >= 11 is 1.65. The molecule has 2 fully saturated rings. The van der Waals surface area contributed by atoms with E-state index in [1.165, 1.54) is 25.9 Å². The van der Waals surface area contributed by atoms with Crippen LogP contribution in [0, 0.1) is 0 Å². The van der Waals surface area contributed by atoms with Crippen molar-refractivity contribution in [1.29, 1.82) is 0 Å². The summed E-state index contributed by atoms with van der Waals surface area (Å²) in [6.07, 6.45) is 7.91. The zero-order valence-electron chi connectivity index (χ0n) is 18.7. The predicted molar refractivity (Wildman–Crippen MR) is 128 cm³/mol. The topological polar surface area (TPSA) is 52.7 Å². The molecule has 170 valence electrons. The molecule has 2 aromatic rings. The zero-order valence-corrected chi connectivity index (χ0v) is 19.5. The molecule has 0 radical (unpaired) electrons. The molecular formula is C26H33N3O2S. The van der Waals surface area contributed by atoms with Crippen LogP contribution in [0.5, 0.6) is 0 Å². The fourth-order valence-corrected chi connectivity index (χ4v) is 6.67. The predicted octanol–water partition coefficient (Wildman–Crippen LogP) is 4.57. The number of nitrogens with zero attached hydrogens (tertiary/aromatic N) is 2. The average molecular weight is 452 g/mol. The molecule has 3 heterocycles. The number of benzene rings is 1. The minimum absolute atomic E-state index is 0.0489. The van der Waals surface area contributed by atoms with Crippen LogP contribution in [0.4, 0.5) is 0 Å². The highest BCUT2D eigenvalue weighted by Crippen LogP contribution is 2.47. The number of rotatable bonds is 7. The van der Waals surface area contributed by atoms with Crippen LogP contribution in [0.15, 0.2) is 41.8 Å². The fraction of sp³-hybridized carbons (Fsp3) is 0.538. The van der Waals surface area contributed by atoms with Crippen LogP contribution in [-0.4, -0.2) is 53.8 Å². The molecule has 0 unspecified atom stereocenters. The van der Waals surface area contributed by atoms with Gasteiger partial charge in [-0.25, -0.2) is 0 Å². The SMILES string of the molecule is O=C(NCCCN1CCCC1)[C@H]1c2ccccc2C(=O)N(C2CCCC2)[C@H]1c1cccs1. The Kier molecular flexibility index (Phi) is 6.60. The molecule has 32 heavy (non-hydrogen) atoms. The summed E-state index contributed by atoms with van der Waals surface area (Å²) in [7, 11) is 0. The van der Waals surface area contributed by atoms with Crippen molar-refractivity contribution >= 4 is 23.2 Å². The van der Waals surface area contributed by atoms with Gasteiger partial charge in [0, 0.05) is 23.0 Å². The quantitative estimate of drug-likeness (QED) is 0.627. The van der Waals surface area contributed by atoms with E-state index in [0.29, 0.717) is 12.1 Å². The molecule has 5 nitrogen and oxygen atoms in total. The lowest BCUT2D eigenvalue weighted by atomic mass is 9.80. The molecule has 1 N–H and O–H groups in total. The van der Waals surface area contributed by atoms with Crippen LogP contribution in [0.3, 0.4) is 0 Å². The van der Waals surface area contributed by atoms with Gasteiger partial charge in [0.15, 0.2) is 0 Å². The van der Waals surface area contributed by atoms with Gasteiger partial charge in [0.1, 0.15) is 0 Å². The first-order valence-corrected chi connectivity index (χ1v) is 13.1. The van der Waals surface area contributed by atoms with Gasteiger partial charge in [0.2, 0.25) is 5.91 Å². The maximum absolute atomic E-state index is 13.7. The highest BCUT2D eigenvalue weighted by Gasteiger charge is 2.47. The second-order valence-corrected chi connectivity index (χ2v) is 10.3. The summed E-state index contributed by atoms with van der Waals surface area (Å²) in [4.78, 5) is 33.0. The van der Waals surface area contributed by atoms with Gasteiger partial charge in [-0.3, -0.25) is 9.59 Å². The van der Waals surface area contributed by atoms with E-state index in [1.54, 1.807) is 11.3 Å². The number of hydrogen-bond acceptors (Lipinski definition) is 4. The Balaban J connectivity index is 1.42. The molecular weight excluding hydrogens is 418 g/mol. The molecule has 1 saturated heterocycles. The summed E-state index contributed by atoms with van der Waals surface area (Å²) in [5, 5.41) is 5.29. The Morgan fingerprint density at radius 2 is 1.81 bits per heavy atom. The summed E-state index contributed by atoms with van der Waals surface area (Å²) in [6.45, 7) is 4.09. The molecule has 6 heteroatoms. The molecule has 5 rings (SSSR count). The second kappa shape index (κ2) is 9.75. The van der Waals surface area contributed by atoms with Crippen molar-refractivity contribution in [3.05, 3.63) is 57.8 Å². The summed E-state index contributed by atoms with van der Waals surface area (Å²) in [6, 6.07) is 11.9. The van der Waals surface area contributed by atoms with Gasteiger partial charge in [-0.15, -0.1) is 11.3 Å². The number of carbonyl (C=O) groups excluding carboxylic acids is 2. The van der Waals surface area contributed by atoms with Gasteiger partial charge < -0.3 is 15.1 Å². The number of hydrogen-bond donors (Lipinski definition) is 1. The van der Waals surface area contributed by atoms with Crippen LogP contribution in [0.1, 0.15) is 77.7 Å². The zero-order chi connectivity index (χ0) is 21.9. The average Bonchev–Trinajstić information content (AvgIpc) is 3.60. The van der Waals surface area contributed by atoms with Crippen LogP contribution in [0.25, 0.3) is 0 Å². The van der Waals surface area contributed by atoms with Crippen LogP contribution < -0.4 is 5.32 Å². The van der Waals surface area contributed by atoms with Crippen molar-refractivity contribution in [1.82, 2.24) is 15.1 Å². The third kappa shape index (κ3) is 4.23. The lowest BCUT2D eigenvalue weighted by molar-refractivity contribution is -0.124. The number of fused-ring (bicyclic) bond motifs is 1. The lowest BCUT2D eigenvalue weighted by Gasteiger charge is -2.44. The second-order valence-electron chi connectivity index (χ2n) is 9.37. The number of nitrogens with one attached hydrogen (secondary N) is 1. The minimum Gasteiger partial charge on any atom is -0.355 e. The molecule has 0 bridgehead atoms. The highest BCUT2D eigenvalue weighted by atomic mass is 32.1. The minimum atomic E-state index is -0.366. The smallest absolute Gasteiger partial charge is 0.254 e. The van der Waals surface area contributed by atoms with E-state index in [1.807, 2.05) is 30.3 Å². The normalized spacial score (nSPS) is 24.1. The molecule has 2 amide bonds. The standard InChI is InChI=1S/C26H33N3O2S/c30-25(27-14-8-17-28-15-5-6-16-28)23-20-11-3-4-12-21(20)26(31)29(19-9-1-2-10-19)24(23)22-13-7-18-32-22/h3-4,7,11-13,18-19,23-24H,1-2,5-6,8-10,14-17H2,(H,27,30)/t23-,24-/m0/s1. The third-order valence-corrected chi connectivity index (χ3v) is 8.30. The Labute approximate surface area is 194 Å². The van der Waals surface area contributed by atoms with Gasteiger partial charge in [0.05, 0.1) is 12.0 Å². The highest BCUT2D eigenvalue weighted by molar-refractivity contribution is 7.10. The van der Waals surface area contributed by atoms with Crippen LogP contribution in [-0.2, 0) is 4.79 Å². The Morgan fingerprint density at radius 3 is 2.56 bits per heavy atom. The van der Waals surface area contributed by atoms with Crippen LogP contribution in [0.2, 0.25) is 0 Å². The number of carbonyl (C=O) groups is 2.